The maximum atomic E-state index is 11.0. The van der Waals surface area contributed by atoms with Gasteiger partial charge in [-0.2, -0.15) is 0 Å². The van der Waals surface area contributed by atoms with Crippen molar-refractivity contribution in [1.82, 2.24) is 9.97 Å². The summed E-state index contributed by atoms with van der Waals surface area (Å²) < 4.78 is 5.55. The summed E-state index contributed by atoms with van der Waals surface area (Å²) in [6, 6.07) is 9.42. The van der Waals surface area contributed by atoms with Gasteiger partial charge in [0.25, 0.3) is 0 Å². The Balaban J connectivity index is 2.02. The molecule has 0 aliphatic carbocycles. The van der Waals surface area contributed by atoms with Crippen molar-refractivity contribution in [3.05, 3.63) is 41.1 Å². The molecule has 1 aromatic heterocycles. The molecule has 2 N–H and O–H groups in total. The number of ether oxygens (including phenoxy) is 1. The number of carbonyl (C=O) groups excluding carboxylic acids is 1. The Kier molecular flexibility index (Phi) is 4.89. The Bertz CT molecular complexity index is 589. The fraction of sp³-hybridized carbons (Fsp3) is 0.154. The van der Waals surface area contributed by atoms with Crippen molar-refractivity contribution >= 4 is 39.2 Å². The van der Waals surface area contributed by atoms with Gasteiger partial charge >= 0.3 is 5.97 Å². The molecule has 0 bridgehead atoms. The minimum Gasteiger partial charge on any atom is -0.468 e. The standard InChI is InChI=1S/C13H13BrN4O2/c1-20-13(19)7-15-11-6-12(17-8-16-11)18-10-4-2-9(14)3-5-10/h2-6,8H,7H2,1H3,(H2,15,16,17,18). The van der Waals surface area contributed by atoms with Gasteiger partial charge in [0, 0.05) is 16.2 Å². The van der Waals surface area contributed by atoms with Gasteiger partial charge in [-0.25, -0.2) is 9.97 Å². The first-order chi connectivity index (χ1) is 9.67. The number of rotatable bonds is 5. The van der Waals surface area contributed by atoms with Crippen molar-refractivity contribution < 1.29 is 9.53 Å². The fourth-order valence-corrected chi connectivity index (χ4v) is 1.70. The highest BCUT2D eigenvalue weighted by Gasteiger charge is 2.03. The predicted octanol–water partition coefficient (Wildman–Crippen LogP) is 2.57. The SMILES string of the molecule is COC(=O)CNc1cc(Nc2ccc(Br)cc2)ncn1. The monoisotopic (exact) mass is 336 g/mol. The third-order valence-corrected chi connectivity index (χ3v) is 2.95. The van der Waals surface area contributed by atoms with Crippen LogP contribution in [0.25, 0.3) is 0 Å². The molecule has 20 heavy (non-hydrogen) atoms. The van der Waals surface area contributed by atoms with Crippen molar-refractivity contribution in [3.63, 3.8) is 0 Å². The van der Waals surface area contributed by atoms with E-state index in [1.807, 2.05) is 24.3 Å². The van der Waals surface area contributed by atoms with Crippen LogP contribution in [0.1, 0.15) is 0 Å². The molecule has 104 valence electrons. The number of carbonyl (C=O) groups is 1. The van der Waals surface area contributed by atoms with Gasteiger partial charge in [-0.15, -0.1) is 0 Å². The van der Waals surface area contributed by atoms with Crippen LogP contribution in [0, 0.1) is 0 Å². The third kappa shape index (κ3) is 4.20. The summed E-state index contributed by atoms with van der Waals surface area (Å²) in [7, 11) is 1.34. The first kappa shape index (κ1) is 14.3. The van der Waals surface area contributed by atoms with E-state index in [9.17, 15) is 4.79 Å². The summed E-state index contributed by atoms with van der Waals surface area (Å²) in [5.74, 6) is 0.825. The summed E-state index contributed by atoms with van der Waals surface area (Å²) in [5.41, 5.74) is 0.908. The lowest BCUT2D eigenvalue weighted by Gasteiger charge is -2.08. The van der Waals surface area contributed by atoms with Crippen LogP contribution in [0.2, 0.25) is 0 Å². The number of benzene rings is 1. The second-order valence-electron chi connectivity index (χ2n) is 3.85. The number of nitrogens with zero attached hydrogens (tertiary/aromatic N) is 2. The van der Waals surface area contributed by atoms with E-state index < -0.39 is 0 Å². The molecule has 0 aliphatic heterocycles. The maximum Gasteiger partial charge on any atom is 0.325 e. The van der Waals surface area contributed by atoms with Crippen LogP contribution in [-0.4, -0.2) is 29.6 Å². The molecule has 0 spiro atoms. The number of methoxy groups -OCH3 is 1. The Morgan fingerprint density at radius 1 is 1.25 bits per heavy atom. The van der Waals surface area contributed by atoms with Crippen molar-refractivity contribution in [2.45, 2.75) is 0 Å². The van der Waals surface area contributed by atoms with Crippen LogP contribution in [0.4, 0.5) is 17.3 Å². The van der Waals surface area contributed by atoms with Gasteiger partial charge in [0.15, 0.2) is 0 Å². The Hall–Kier alpha value is -2.15. The molecule has 1 heterocycles. The predicted molar refractivity (Wildman–Crippen MR) is 80.0 cm³/mol. The van der Waals surface area contributed by atoms with E-state index in [2.05, 4.69) is 41.3 Å². The van der Waals surface area contributed by atoms with Crippen LogP contribution in [-0.2, 0) is 9.53 Å². The largest absolute Gasteiger partial charge is 0.468 e. The zero-order chi connectivity index (χ0) is 14.4. The molecule has 0 aliphatic rings. The second kappa shape index (κ2) is 6.85. The average Bonchev–Trinajstić information content (AvgIpc) is 2.47. The van der Waals surface area contributed by atoms with Crippen molar-refractivity contribution in [2.75, 3.05) is 24.3 Å². The molecule has 6 nitrogen and oxygen atoms in total. The molecular weight excluding hydrogens is 324 g/mol. The number of esters is 1. The minimum absolute atomic E-state index is 0.0608. The lowest BCUT2D eigenvalue weighted by Crippen LogP contribution is -2.15. The van der Waals surface area contributed by atoms with E-state index in [1.165, 1.54) is 13.4 Å². The molecule has 0 fully saturated rings. The zero-order valence-electron chi connectivity index (χ0n) is 10.8. The number of halogens is 1. The molecule has 0 unspecified atom stereocenters. The van der Waals surface area contributed by atoms with Gasteiger partial charge in [-0.05, 0) is 24.3 Å². The smallest absolute Gasteiger partial charge is 0.325 e. The lowest BCUT2D eigenvalue weighted by molar-refractivity contribution is -0.138. The van der Waals surface area contributed by atoms with Crippen LogP contribution in [0.15, 0.2) is 41.1 Å². The van der Waals surface area contributed by atoms with E-state index in [0.29, 0.717) is 11.6 Å². The molecule has 0 atom stereocenters. The lowest BCUT2D eigenvalue weighted by atomic mass is 10.3. The van der Waals surface area contributed by atoms with Gasteiger partial charge in [-0.3, -0.25) is 4.79 Å². The molecule has 0 saturated heterocycles. The molecule has 2 aromatic rings. The molecule has 7 heteroatoms. The van der Waals surface area contributed by atoms with Gasteiger partial charge in [0.1, 0.15) is 24.5 Å². The van der Waals surface area contributed by atoms with Gasteiger partial charge in [0.05, 0.1) is 7.11 Å². The van der Waals surface area contributed by atoms with E-state index in [1.54, 1.807) is 6.07 Å². The van der Waals surface area contributed by atoms with Crippen LogP contribution in [0.5, 0.6) is 0 Å². The summed E-state index contributed by atoms with van der Waals surface area (Å²) >= 11 is 3.38. The van der Waals surface area contributed by atoms with Crippen molar-refractivity contribution in [3.8, 4) is 0 Å². The first-order valence-electron chi connectivity index (χ1n) is 5.82. The highest BCUT2D eigenvalue weighted by atomic mass is 79.9. The topological polar surface area (TPSA) is 76.1 Å². The quantitative estimate of drug-likeness (QED) is 0.817. The van der Waals surface area contributed by atoms with Crippen molar-refractivity contribution in [2.24, 2.45) is 0 Å². The third-order valence-electron chi connectivity index (χ3n) is 2.43. The number of hydrogen-bond donors (Lipinski definition) is 2. The molecule has 0 radical (unpaired) electrons. The molecule has 2 rings (SSSR count). The van der Waals surface area contributed by atoms with Gasteiger partial charge < -0.3 is 15.4 Å². The highest BCUT2D eigenvalue weighted by molar-refractivity contribution is 9.10. The van der Waals surface area contributed by atoms with E-state index in [4.69, 9.17) is 0 Å². The summed E-state index contributed by atoms with van der Waals surface area (Å²) in [4.78, 5) is 19.2. The summed E-state index contributed by atoms with van der Waals surface area (Å²) in [6.07, 6.45) is 1.42. The summed E-state index contributed by atoms with van der Waals surface area (Å²) in [6.45, 7) is 0.0608. The minimum atomic E-state index is -0.356. The van der Waals surface area contributed by atoms with E-state index >= 15 is 0 Å². The first-order valence-corrected chi connectivity index (χ1v) is 6.62. The normalized spacial score (nSPS) is 9.90. The number of anilines is 3. The molecule has 1 aromatic carbocycles. The molecule has 0 amide bonds. The Labute approximate surface area is 124 Å². The average molecular weight is 337 g/mol. The Morgan fingerprint density at radius 2 is 1.95 bits per heavy atom. The highest BCUT2D eigenvalue weighted by Crippen LogP contribution is 2.18. The zero-order valence-corrected chi connectivity index (χ0v) is 12.3. The maximum absolute atomic E-state index is 11.0. The van der Waals surface area contributed by atoms with Crippen molar-refractivity contribution in [1.29, 1.82) is 0 Å². The number of hydrogen-bond acceptors (Lipinski definition) is 6. The molecule has 0 saturated carbocycles. The fourth-order valence-electron chi connectivity index (χ4n) is 1.44. The summed E-state index contributed by atoms with van der Waals surface area (Å²) in [5, 5.41) is 6.00. The van der Waals surface area contributed by atoms with E-state index in [-0.39, 0.29) is 12.5 Å². The van der Waals surface area contributed by atoms with Crippen LogP contribution < -0.4 is 10.6 Å². The van der Waals surface area contributed by atoms with Crippen LogP contribution in [0.3, 0.4) is 0 Å². The number of aromatic nitrogens is 2. The molecular formula is C13H13BrN4O2. The van der Waals surface area contributed by atoms with Gasteiger partial charge in [-0.1, -0.05) is 15.9 Å². The van der Waals surface area contributed by atoms with Crippen LogP contribution >= 0.6 is 15.9 Å². The second-order valence-corrected chi connectivity index (χ2v) is 4.77. The Morgan fingerprint density at radius 3 is 2.65 bits per heavy atom. The number of nitrogens with one attached hydrogen (secondary N) is 2. The van der Waals surface area contributed by atoms with Gasteiger partial charge in [0.2, 0.25) is 0 Å². The van der Waals surface area contributed by atoms with E-state index in [0.717, 1.165) is 10.2 Å².